The molecule has 0 aliphatic carbocycles. The van der Waals surface area contributed by atoms with E-state index in [2.05, 4.69) is 52.5 Å². The molecule has 1 atom stereocenters. The predicted molar refractivity (Wildman–Crippen MR) is 119 cm³/mol. The second-order valence-corrected chi connectivity index (χ2v) is 7.63. The van der Waals surface area contributed by atoms with Crippen LogP contribution in [0.3, 0.4) is 0 Å². The summed E-state index contributed by atoms with van der Waals surface area (Å²) >= 11 is 0. The van der Waals surface area contributed by atoms with E-state index in [-0.39, 0.29) is 5.91 Å². The van der Waals surface area contributed by atoms with Crippen LogP contribution >= 0.6 is 0 Å². The zero-order chi connectivity index (χ0) is 21.3. The lowest BCUT2D eigenvalue weighted by Gasteiger charge is -2.40. The van der Waals surface area contributed by atoms with Crippen LogP contribution in [0.1, 0.15) is 35.3 Å². The van der Waals surface area contributed by atoms with Gasteiger partial charge in [-0.25, -0.2) is 0 Å². The molecule has 6 heteroatoms. The van der Waals surface area contributed by atoms with Crippen molar-refractivity contribution in [3.63, 3.8) is 0 Å². The molecular weight excluding hydrogens is 378 g/mol. The van der Waals surface area contributed by atoms with Crippen LogP contribution < -0.4 is 14.8 Å². The van der Waals surface area contributed by atoms with Gasteiger partial charge in [-0.05, 0) is 44.2 Å². The number of nitrogens with one attached hydrogen (secondary N) is 1. The van der Waals surface area contributed by atoms with E-state index in [9.17, 15) is 4.79 Å². The first-order valence-corrected chi connectivity index (χ1v) is 10.7. The molecule has 1 saturated heterocycles. The van der Waals surface area contributed by atoms with Gasteiger partial charge in [-0.1, -0.05) is 30.3 Å². The molecule has 2 aromatic rings. The number of methoxy groups -OCH3 is 1. The Bertz CT molecular complexity index is 813. The third-order valence-corrected chi connectivity index (χ3v) is 5.51. The Morgan fingerprint density at radius 2 is 1.93 bits per heavy atom. The molecule has 1 fully saturated rings. The largest absolute Gasteiger partial charge is 0.493 e. The fraction of sp³-hybridized carbons (Fsp3) is 0.458. The van der Waals surface area contributed by atoms with Crippen molar-refractivity contribution < 1.29 is 14.3 Å². The van der Waals surface area contributed by atoms with Crippen LogP contribution in [0.15, 0.2) is 48.5 Å². The summed E-state index contributed by atoms with van der Waals surface area (Å²) in [6, 6.07) is 16.4. The molecule has 1 amide bonds. The van der Waals surface area contributed by atoms with Gasteiger partial charge in [0.1, 0.15) is 0 Å². The SMILES string of the molecule is CCOc1ccc(C(=O)NCCCN2CCN(C)CC2c2ccccc2)cc1OC. The Balaban J connectivity index is 1.51. The monoisotopic (exact) mass is 411 g/mol. The summed E-state index contributed by atoms with van der Waals surface area (Å²) in [6.45, 7) is 7.22. The highest BCUT2D eigenvalue weighted by Gasteiger charge is 2.26. The predicted octanol–water partition coefficient (Wildman–Crippen LogP) is 3.20. The quantitative estimate of drug-likeness (QED) is 0.642. The topological polar surface area (TPSA) is 54.0 Å². The Morgan fingerprint density at radius 3 is 2.67 bits per heavy atom. The summed E-state index contributed by atoms with van der Waals surface area (Å²) in [5, 5.41) is 3.03. The normalized spacial score (nSPS) is 17.5. The van der Waals surface area contributed by atoms with Crippen LogP contribution in [0.2, 0.25) is 0 Å². The van der Waals surface area contributed by atoms with E-state index in [1.807, 2.05) is 6.92 Å². The highest BCUT2D eigenvalue weighted by molar-refractivity contribution is 5.94. The number of amides is 1. The van der Waals surface area contributed by atoms with E-state index in [4.69, 9.17) is 9.47 Å². The number of carbonyl (C=O) groups excluding carboxylic acids is 1. The van der Waals surface area contributed by atoms with Gasteiger partial charge in [0.25, 0.3) is 5.91 Å². The summed E-state index contributed by atoms with van der Waals surface area (Å²) in [7, 11) is 3.76. The standard InChI is InChI=1S/C24H33N3O3/c1-4-30-22-12-11-20(17-23(22)29-3)24(28)25-13-8-14-27-16-15-26(2)18-21(27)19-9-6-5-7-10-19/h5-7,9-12,17,21H,4,8,13-16,18H2,1-3H3,(H,25,28). The first-order valence-electron chi connectivity index (χ1n) is 10.7. The van der Waals surface area contributed by atoms with Crippen LogP contribution in [0.5, 0.6) is 11.5 Å². The van der Waals surface area contributed by atoms with Gasteiger partial charge in [0, 0.05) is 44.3 Å². The first-order chi connectivity index (χ1) is 14.6. The molecular formula is C24H33N3O3. The van der Waals surface area contributed by atoms with Crippen molar-refractivity contribution in [2.45, 2.75) is 19.4 Å². The van der Waals surface area contributed by atoms with Crippen molar-refractivity contribution in [2.24, 2.45) is 0 Å². The fourth-order valence-corrected chi connectivity index (χ4v) is 3.89. The summed E-state index contributed by atoms with van der Waals surface area (Å²) in [6.07, 6.45) is 0.910. The molecule has 0 aromatic heterocycles. The highest BCUT2D eigenvalue weighted by atomic mass is 16.5. The molecule has 0 saturated carbocycles. The summed E-state index contributed by atoms with van der Waals surface area (Å²) in [5.41, 5.74) is 1.94. The van der Waals surface area contributed by atoms with Gasteiger partial charge in [0.15, 0.2) is 11.5 Å². The van der Waals surface area contributed by atoms with Crippen LogP contribution in [0.4, 0.5) is 0 Å². The Labute approximate surface area is 179 Å². The van der Waals surface area contributed by atoms with Crippen molar-refractivity contribution in [1.29, 1.82) is 0 Å². The highest BCUT2D eigenvalue weighted by Crippen LogP contribution is 2.28. The number of ether oxygens (including phenoxy) is 2. The number of likely N-dealkylation sites (N-methyl/N-ethyl adjacent to an activating group) is 1. The molecule has 162 valence electrons. The van der Waals surface area contributed by atoms with Crippen molar-refractivity contribution >= 4 is 5.91 Å². The van der Waals surface area contributed by atoms with E-state index in [1.165, 1.54) is 5.56 Å². The van der Waals surface area contributed by atoms with Gasteiger partial charge in [-0.15, -0.1) is 0 Å². The second kappa shape index (κ2) is 11.0. The number of carbonyl (C=O) groups is 1. The van der Waals surface area contributed by atoms with E-state index < -0.39 is 0 Å². The Kier molecular flexibility index (Phi) is 8.11. The molecule has 1 heterocycles. The minimum Gasteiger partial charge on any atom is -0.493 e. The number of piperazine rings is 1. The van der Waals surface area contributed by atoms with Gasteiger partial charge in [-0.3, -0.25) is 9.69 Å². The van der Waals surface area contributed by atoms with E-state index in [0.29, 0.717) is 36.3 Å². The zero-order valence-electron chi connectivity index (χ0n) is 18.3. The average molecular weight is 412 g/mol. The fourth-order valence-electron chi connectivity index (χ4n) is 3.89. The lowest BCUT2D eigenvalue weighted by molar-refractivity contribution is 0.0865. The van der Waals surface area contributed by atoms with Gasteiger partial charge >= 0.3 is 0 Å². The third-order valence-electron chi connectivity index (χ3n) is 5.51. The Morgan fingerprint density at radius 1 is 1.13 bits per heavy atom. The summed E-state index contributed by atoms with van der Waals surface area (Å²) in [5.74, 6) is 1.14. The maximum absolute atomic E-state index is 12.5. The van der Waals surface area contributed by atoms with Crippen LogP contribution in [0.25, 0.3) is 0 Å². The molecule has 3 rings (SSSR count). The van der Waals surface area contributed by atoms with Crippen LogP contribution in [-0.2, 0) is 0 Å². The van der Waals surface area contributed by atoms with Crippen LogP contribution in [-0.4, -0.2) is 69.2 Å². The Hall–Kier alpha value is -2.57. The third kappa shape index (κ3) is 5.74. The molecule has 1 unspecified atom stereocenters. The van der Waals surface area contributed by atoms with Gasteiger partial charge < -0.3 is 19.7 Å². The number of hydrogen-bond donors (Lipinski definition) is 1. The van der Waals surface area contributed by atoms with E-state index in [0.717, 1.165) is 32.6 Å². The number of benzene rings is 2. The lowest BCUT2D eigenvalue weighted by atomic mass is 10.0. The molecule has 1 N–H and O–H groups in total. The van der Waals surface area contributed by atoms with Gasteiger partial charge in [-0.2, -0.15) is 0 Å². The molecule has 0 bridgehead atoms. The van der Waals surface area contributed by atoms with Crippen molar-refractivity contribution in [1.82, 2.24) is 15.1 Å². The molecule has 6 nitrogen and oxygen atoms in total. The maximum atomic E-state index is 12.5. The molecule has 0 spiro atoms. The maximum Gasteiger partial charge on any atom is 0.251 e. The molecule has 1 aliphatic heterocycles. The van der Waals surface area contributed by atoms with E-state index in [1.54, 1.807) is 25.3 Å². The molecule has 0 radical (unpaired) electrons. The molecule has 2 aromatic carbocycles. The van der Waals surface area contributed by atoms with E-state index >= 15 is 0 Å². The zero-order valence-corrected chi connectivity index (χ0v) is 18.3. The van der Waals surface area contributed by atoms with Crippen molar-refractivity contribution in [3.8, 4) is 11.5 Å². The van der Waals surface area contributed by atoms with Gasteiger partial charge in [0.05, 0.1) is 13.7 Å². The number of rotatable bonds is 9. The smallest absolute Gasteiger partial charge is 0.251 e. The second-order valence-electron chi connectivity index (χ2n) is 7.63. The van der Waals surface area contributed by atoms with Crippen molar-refractivity contribution in [3.05, 3.63) is 59.7 Å². The lowest BCUT2D eigenvalue weighted by Crippen LogP contribution is -2.47. The van der Waals surface area contributed by atoms with Crippen molar-refractivity contribution in [2.75, 3.05) is 53.5 Å². The summed E-state index contributed by atoms with van der Waals surface area (Å²) in [4.78, 5) is 17.4. The van der Waals surface area contributed by atoms with Crippen LogP contribution in [0, 0.1) is 0 Å². The minimum atomic E-state index is -0.0886. The first kappa shape index (κ1) is 22.1. The molecule has 30 heavy (non-hydrogen) atoms. The minimum absolute atomic E-state index is 0.0886. The van der Waals surface area contributed by atoms with Gasteiger partial charge in [0.2, 0.25) is 0 Å². The average Bonchev–Trinajstić information content (AvgIpc) is 2.78. The molecule has 1 aliphatic rings. The summed E-state index contributed by atoms with van der Waals surface area (Å²) < 4.78 is 10.9. The number of hydrogen-bond acceptors (Lipinski definition) is 5. The number of nitrogens with zero attached hydrogens (tertiary/aromatic N) is 2.